The van der Waals surface area contributed by atoms with E-state index in [0.717, 1.165) is 35.7 Å². The topological polar surface area (TPSA) is 41.1 Å². The summed E-state index contributed by atoms with van der Waals surface area (Å²) >= 11 is 0. The fraction of sp³-hybridized carbons (Fsp3) is 0.235. The van der Waals surface area contributed by atoms with Gasteiger partial charge in [0.25, 0.3) is 0 Å². The molecule has 2 aromatic carbocycles. The molecule has 0 bridgehead atoms. The average Bonchev–Trinajstić information content (AvgIpc) is 2.91. The molecule has 3 rings (SSSR count). The minimum absolute atomic E-state index is 0.303. The molecule has 3 nitrogen and oxygen atoms in total. The molecule has 24 heavy (non-hydrogen) atoms. The quantitative estimate of drug-likeness (QED) is 0.769. The predicted octanol–water partition coefficient (Wildman–Crippen LogP) is 4.65. The summed E-state index contributed by atoms with van der Waals surface area (Å²) in [5, 5.41) is 4.60. The maximum Gasteiger partial charge on any atom is 0.418 e. The SMILES string of the molecule is O=C(Nc1c(F)cccc1C(F)(F)F)NC1CCc2ccccc21. The normalized spacial score (nSPS) is 16.6. The molecule has 2 N–H and O–H groups in total. The van der Waals surface area contributed by atoms with Gasteiger partial charge in [-0.1, -0.05) is 30.3 Å². The van der Waals surface area contributed by atoms with Gasteiger partial charge in [0, 0.05) is 0 Å². The monoisotopic (exact) mass is 338 g/mol. The molecule has 7 heteroatoms. The first-order valence-corrected chi connectivity index (χ1v) is 7.37. The van der Waals surface area contributed by atoms with E-state index in [0.29, 0.717) is 6.42 Å². The second-order valence-electron chi connectivity index (χ2n) is 5.55. The molecule has 0 spiro atoms. The van der Waals surface area contributed by atoms with Gasteiger partial charge in [0.05, 0.1) is 17.3 Å². The van der Waals surface area contributed by atoms with Crippen molar-refractivity contribution in [3.63, 3.8) is 0 Å². The Kier molecular flexibility index (Phi) is 4.17. The number of nitrogens with one attached hydrogen (secondary N) is 2. The lowest BCUT2D eigenvalue weighted by Gasteiger charge is -2.18. The number of amides is 2. The fourth-order valence-corrected chi connectivity index (χ4v) is 2.90. The van der Waals surface area contributed by atoms with Crippen molar-refractivity contribution in [3.8, 4) is 0 Å². The summed E-state index contributed by atoms with van der Waals surface area (Å²) in [4.78, 5) is 12.1. The number of hydrogen-bond acceptors (Lipinski definition) is 1. The Morgan fingerprint density at radius 1 is 1.08 bits per heavy atom. The molecule has 0 radical (unpaired) electrons. The van der Waals surface area contributed by atoms with Gasteiger partial charge in [-0.3, -0.25) is 0 Å². The van der Waals surface area contributed by atoms with E-state index < -0.39 is 29.3 Å². The molecular formula is C17H14F4N2O. The first kappa shape index (κ1) is 16.3. The van der Waals surface area contributed by atoms with Crippen LogP contribution in [0.15, 0.2) is 42.5 Å². The lowest BCUT2D eigenvalue weighted by molar-refractivity contribution is -0.137. The van der Waals surface area contributed by atoms with Crippen molar-refractivity contribution >= 4 is 11.7 Å². The van der Waals surface area contributed by atoms with Gasteiger partial charge in [-0.2, -0.15) is 13.2 Å². The third kappa shape index (κ3) is 3.20. The molecular weight excluding hydrogens is 324 g/mol. The van der Waals surface area contributed by atoms with Crippen molar-refractivity contribution in [2.75, 3.05) is 5.32 Å². The summed E-state index contributed by atoms with van der Waals surface area (Å²) in [5.74, 6) is -1.13. The summed E-state index contributed by atoms with van der Waals surface area (Å²) in [6.07, 6.45) is -3.34. The Morgan fingerprint density at radius 2 is 1.83 bits per heavy atom. The molecule has 2 aromatic rings. The largest absolute Gasteiger partial charge is 0.418 e. The van der Waals surface area contributed by atoms with Gasteiger partial charge in [0.2, 0.25) is 0 Å². The summed E-state index contributed by atoms with van der Waals surface area (Å²) in [5.41, 5.74) is -0.0693. The van der Waals surface area contributed by atoms with Gasteiger partial charge in [-0.15, -0.1) is 0 Å². The van der Waals surface area contributed by atoms with Crippen molar-refractivity contribution < 1.29 is 22.4 Å². The van der Waals surface area contributed by atoms with Crippen LogP contribution in [-0.2, 0) is 12.6 Å². The molecule has 0 aromatic heterocycles. The zero-order valence-corrected chi connectivity index (χ0v) is 12.5. The van der Waals surface area contributed by atoms with Crippen LogP contribution in [0.25, 0.3) is 0 Å². The maximum atomic E-state index is 13.8. The molecule has 1 atom stereocenters. The number of rotatable bonds is 2. The average molecular weight is 338 g/mol. The van der Waals surface area contributed by atoms with E-state index >= 15 is 0 Å². The summed E-state index contributed by atoms with van der Waals surface area (Å²) in [6, 6.07) is 8.89. The van der Waals surface area contributed by atoms with E-state index in [9.17, 15) is 22.4 Å². The van der Waals surface area contributed by atoms with Gasteiger partial charge in [-0.25, -0.2) is 9.18 Å². The van der Waals surface area contributed by atoms with Crippen molar-refractivity contribution in [2.45, 2.75) is 25.1 Å². The number of aryl methyl sites for hydroxylation is 1. The molecule has 1 aliphatic carbocycles. The van der Waals surface area contributed by atoms with Gasteiger partial charge in [0.1, 0.15) is 5.82 Å². The van der Waals surface area contributed by atoms with E-state index in [1.54, 1.807) is 0 Å². The van der Waals surface area contributed by atoms with Crippen LogP contribution in [0.3, 0.4) is 0 Å². The molecule has 2 amide bonds. The highest BCUT2D eigenvalue weighted by atomic mass is 19.4. The Balaban J connectivity index is 1.77. The number of urea groups is 1. The highest BCUT2D eigenvalue weighted by molar-refractivity contribution is 5.90. The molecule has 126 valence electrons. The fourth-order valence-electron chi connectivity index (χ4n) is 2.90. The predicted molar refractivity (Wildman–Crippen MR) is 81.1 cm³/mol. The molecule has 0 aliphatic heterocycles. The van der Waals surface area contributed by atoms with Crippen molar-refractivity contribution in [1.29, 1.82) is 0 Å². The number of carbonyl (C=O) groups excluding carboxylic acids is 1. The molecule has 1 aliphatic rings. The van der Waals surface area contributed by atoms with Crippen LogP contribution in [0.4, 0.5) is 28.0 Å². The van der Waals surface area contributed by atoms with Crippen LogP contribution in [0, 0.1) is 5.82 Å². The number of anilines is 1. The molecule has 0 heterocycles. The Bertz CT molecular complexity index is 773. The zero-order valence-electron chi connectivity index (χ0n) is 12.5. The van der Waals surface area contributed by atoms with Gasteiger partial charge in [0.15, 0.2) is 0 Å². The molecule has 0 saturated heterocycles. The number of carbonyl (C=O) groups is 1. The number of fused-ring (bicyclic) bond motifs is 1. The van der Waals surface area contributed by atoms with Crippen molar-refractivity contribution in [3.05, 3.63) is 65.0 Å². The lowest BCUT2D eigenvalue weighted by atomic mass is 10.1. The highest BCUT2D eigenvalue weighted by Gasteiger charge is 2.35. The standard InChI is InChI=1S/C17H14F4N2O/c18-13-7-3-6-12(17(19,20)21)15(13)23-16(24)22-14-9-8-10-4-1-2-5-11(10)14/h1-7,14H,8-9H2,(H2,22,23,24). The van der Waals surface area contributed by atoms with Gasteiger partial charge < -0.3 is 10.6 Å². The Labute approximate surface area is 135 Å². The van der Waals surface area contributed by atoms with Crippen LogP contribution < -0.4 is 10.6 Å². The third-order valence-electron chi connectivity index (χ3n) is 4.00. The zero-order chi connectivity index (χ0) is 17.3. The summed E-state index contributed by atoms with van der Waals surface area (Å²) in [6.45, 7) is 0. The minimum atomic E-state index is -4.76. The van der Waals surface area contributed by atoms with Crippen LogP contribution in [0.1, 0.15) is 29.2 Å². The summed E-state index contributed by atoms with van der Waals surface area (Å²) in [7, 11) is 0. The third-order valence-corrected chi connectivity index (χ3v) is 4.00. The second kappa shape index (κ2) is 6.14. The van der Waals surface area contributed by atoms with Crippen LogP contribution >= 0.6 is 0 Å². The van der Waals surface area contributed by atoms with Crippen LogP contribution in [0.2, 0.25) is 0 Å². The number of para-hydroxylation sites is 1. The van der Waals surface area contributed by atoms with E-state index in [2.05, 4.69) is 5.32 Å². The minimum Gasteiger partial charge on any atom is -0.331 e. The second-order valence-corrected chi connectivity index (χ2v) is 5.55. The smallest absolute Gasteiger partial charge is 0.331 e. The number of benzene rings is 2. The summed E-state index contributed by atoms with van der Waals surface area (Å²) < 4.78 is 52.6. The van der Waals surface area contributed by atoms with Crippen LogP contribution in [0.5, 0.6) is 0 Å². The molecule has 1 unspecified atom stereocenters. The van der Waals surface area contributed by atoms with E-state index in [4.69, 9.17) is 0 Å². The molecule has 0 saturated carbocycles. The van der Waals surface area contributed by atoms with Crippen molar-refractivity contribution in [1.82, 2.24) is 5.32 Å². The van der Waals surface area contributed by atoms with Gasteiger partial charge in [-0.05, 0) is 36.1 Å². The number of hydrogen-bond donors (Lipinski definition) is 2. The van der Waals surface area contributed by atoms with Crippen molar-refractivity contribution in [2.24, 2.45) is 0 Å². The van der Waals surface area contributed by atoms with Gasteiger partial charge >= 0.3 is 12.2 Å². The van der Waals surface area contributed by atoms with Crippen LogP contribution in [-0.4, -0.2) is 6.03 Å². The lowest BCUT2D eigenvalue weighted by Crippen LogP contribution is -2.32. The highest BCUT2D eigenvalue weighted by Crippen LogP contribution is 2.36. The van der Waals surface area contributed by atoms with E-state index in [1.807, 2.05) is 29.6 Å². The van der Waals surface area contributed by atoms with E-state index in [1.165, 1.54) is 0 Å². The Hall–Kier alpha value is -2.57. The first-order valence-electron chi connectivity index (χ1n) is 7.37. The first-order chi connectivity index (χ1) is 11.4. The number of halogens is 4. The Morgan fingerprint density at radius 3 is 2.58 bits per heavy atom. The van der Waals surface area contributed by atoms with E-state index in [-0.39, 0.29) is 6.04 Å². The maximum absolute atomic E-state index is 13.8. The molecule has 0 fully saturated rings. The number of alkyl halides is 3.